The zero-order valence-electron chi connectivity index (χ0n) is 6.32. The van der Waals surface area contributed by atoms with E-state index in [1.165, 1.54) is 7.11 Å². The van der Waals surface area contributed by atoms with E-state index in [4.69, 9.17) is 4.74 Å². The fourth-order valence-electron chi connectivity index (χ4n) is 1.65. The van der Waals surface area contributed by atoms with Crippen LogP contribution in [0.3, 0.4) is 0 Å². The second-order valence-corrected chi connectivity index (χ2v) is 2.90. The van der Waals surface area contributed by atoms with Gasteiger partial charge in [-0.2, -0.15) is 0 Å². The van der Waals surface area contributed by atoms with Gasteiger partial charge in [-0.1, -0.05) is 12.2 Å². The number of fused-ring (bicyclic) bond motifs is 2. The highest BCUT2D eigenvalue weighted by Crippen LogP contribution is 2.34. The largest absolute Gasteiger partial charge is 0.467 e. The van der Waals surface area contributed by atoms with Crippen molar-refractivity contribution in [3.05, 3.63) is 12.2 Å². The van der Waals surface area contributed by atoms with E-state index in [0.29, 0.717) is 0 Å². The van der Waals surface area contributed by atoms with Gasteiger partial charge in [0, 0.05) is 5.92 Å². The summed E-state index contributed by atoms with van der Waals surface area (Å²) in [6, 6.07) is 0. The molecule has 0 unspecified atom stereocenters. The summed E-state index contributed by atoms with van der Waals surface area (Å²) in [5.74, 6) is 0.00861. The molecule has 2 bridgehead atoms. The summed E-state index contributed by atoms with van der Waals surface area (Å²) >= 11 is 0. The minimum atomic E-state index is -0.338. The fourth-order valence-corrected chi connectivity index (χ4v) is 1.65. The van der Waals surface area contributed by atoms with Crippen LogP contribution < -0.4 is 0 Å². The molecule has 3 nitrogen and oxygen atoms in total. The number of carbonyl (C=O) groups is 1. The molecule has 1 saturated heterocycles. The predicted molar refractivity (Wildman–Crippen MR) is 37.9 cm³/mol. The zero-order chi connectivity index (χ0) is 7.84. The smallest absolute Gasteiger partial charge is 0.335 e. The van der Waals surface area contributed by atoms with Crippen molar-refractivity contribution >= 4 is 5.97 Å². The summed E-state index contributed by atoms with van der Waals surface area (Å²) in [6.07, 6.45) is 4.80. The molecule has 0 aromatic carbocycles. The maximum atomic E-state index is 11.0. The molecule has 0 amide bonds. The van der Waals surface area contributed by atoms with Gasteiger partial charge in [-0.15, -0.1) is 0 Å². The fraction of sp³-hybridized carbons (Fsp3) is 0.625. The van der Waals surface area contributed by atoms with Crippen molar-refractivity contribution in [2.45, 2.75) is 18.6 Å². The summed E-state index contributed by atoms with van der Waals surface area (Å²) in [5.41, 5.74) is 0. The minimum absolute atomic E-state index is 0.157. The van der Waals surface area contributed by atoms with Crippen molar-refractivity contribution in [3.63, 3.8) is 0 Å². The van der Waals surface area contributed by atoms with Crippen LogP contribution in [-0.4, -0.2) is 25.3 Å². The summed E-state index contributed by atoms with van der Waals surface area (Å²) in [5, 5.41) is 0. The molecule has 1 aliphatic heterocycles. The van der Waals surface area contributed by atoms with Gasteiger partial charge < -0.3 is 9.47 Å². The molecule has 3 heteroatoms. The third-order valence-corrected chi connectivity index (χ3v) is 2.22. The second-order valence-electron chi connectivity index (χ2n) is 2.90. The highest BCUT2D eigenvalue weighted by atomic mass is 16.6. The first-order valence-corrected chi connectivity index (χ1v) is 3.73. The zero-order valence-corrected chi connectivity index (χ0v) is 6.32. The molecule has 2 aliphatic rings. The Morgan fingerprint density at radius 3 is 2.91 bits per heavy atom. The van der Waals surface area contributed by atoms with Crippen LogP contribution in [0.5, 0.6) is 0 Å². The van der Waals surface area contributed by atoms with Gasteiger partial charge in [-0.05, 0) is 6.42 Å². The Morgan fingerprint density at radius 1 is 1.64 bits per heavy atom. The Kier molecular flexibility index (Phi) is 1.46. The van der Waals surface area contributed by atoms with Crippen molar-refractivity contribution in [1.82, 2.24) is 0 Å². The number of carbonyl (C=O) groups excluding carboxylic acids is 1. The van der Waals surface area contributed by atoms with Gasteiger partial charge in [-0.25, -0.2) is 4.79 Å². The van der Waals surface area contributed by atoms with Gasteiger partial charge in [0.1, 0.15) is 0 Å². The quantitative estimate of drug-likeness (QED) is 0.407. The highest BCUT2D eigenvalue weighted by molar-refractivity contribution is 5.76. The maximum Gasteiger partial charge on any atom is 0.335 e. The molecule has 11 heavy (non-hydrogen) atoms. The van der Waals surface area contributed by atoms with E-state index < -0.39 is 0 Å². The summed E-state index contributed by atoms with van der Waals surface area (Å²) in [6.45, 7) is 0. The van der Waals surface area contributed by atoms with E-state index in [1.54, 1.807) is 0 Å². The van der Waals surface area contributed by atoms with E-state index in [9.17, 15) is 4.79 Å². The first-order chi connectivity index (χ1) is 5.31. The van der Waals surface area contributed by atoms with Gasteiger partial charge in [0.25, 0.3) is 0 Å². The summed E-state index contributed by atoms with van der Waals surface area (Å²) in [7, 11) is 1.39. The predicted octanol–water partition coefficient (Wildman–Crippen LogP) is 0.503. The molecular formula is C8H10O3. The normalized spacial score (nSPS) is 39.5. The van der Waals surface area contributed by atoms with Crippen molar-refractivity contribution < 1.29 is 14.3 Å². The first kappa shape index (κ1) is 6.85. The van der Waals surface area contributed by atoms with Gasteiger partial charge in [-0.3, -0.25) is 0 Å². The van der Waals surface area contributed by atoms with Crippen molar-refractivity contribution in [2.24, 2.45) is 5.92 Å². The molecule has 0 spiro atoms. The minimum Gasteiger partial charge on any atom is -0.467 e. The van der Waals surface area contributed by atoms with Gasteiger partial charge >= 0.3 is 5.97 Å². The molecule has 0 saturated carbocycles. The van der Waals surface area contributed by atoms with E-state index in [1.807, 2.05) is 12.2 Å². The number of hydrogen-bond donors (Lipinski definition) is 0. The Bertz CT molecular complexity index is 209. The van der Waals surface area contributed by atoms with Crippen molar-refractivity contribution in [2.75, 3.05) is 7.11 Å². The number of esters is 1. The summed E-state index contributed by atoms with van der Waals surface area (Å²) in [4.78, 5) is 11.0. The van der Waals surface area contributed by atoms with Crippen LogP contribution >= 0.6 is 0 Å². The molecule has 0 aromatic rings. The van der Waals surface area contributed by atoms with Gasteiger partial charge in [0.15, 0.2) is 6.10 Å². The van der Waals surface area contributed by atoms with Gasteiger partial charge in [0.2, 0.25) is 0 Å². The topological polar surface area (TPSA) is 35.5 Å². The Labute approximate surface area is 65.0 Å². The average molecular weight is 154 g/mol. The van der Waals surface area contributed by atoms with Crippen molar-refractivity contribution in [1.29, 1.82) is 0 Å². The number of methoxy groups -OCH3 is 1. The molecule has 1 heterocycles. The van der Waals surface area contributed by atoms with Crippen LogP contribution in [0, 0.1) is 5.92 Å². The molecular weight excluding hydrogens is 144 g/mol. The lowest BCUT2D eigenvalue weighted by Crippen LogP contribution is -2.28. The third-order valence-electron chi connectivity index (χ3n) is 2.22. The van der Waals surface area contributed by atoms with Crippen LogP contribution in [-0.2, 0) is 14.3 Å². The monoisotopic (exact) mass is 154 g/mol. The molecule has 1 aliphatic carbocycles. The first-order valence-electron chi connectivity index (χ1n) is 3.73. The highest BCUT2D eigenvalue weighted by Gasteiger charge is 2.41. The molecule has 1 fully saturated rings. The molecule has 60 valence electrons. The lowest BCUT2D eigenvalue weighted by molar-refractivity contribution is -0.154. The van der Waals surface area contributed by atoms with E-state index in [-0.39, 0.29) is 24.1 Å². The van der Waals surface area contributed by atoms with E-state index in [0.717, 1.165) is 6.42 Å². The van der Waals surface area contributed by atoms with Crippen LogP contribution in [0.4, 0.5) is 0 Å². The number of ether oxygens (including phenoxy) is 2. The Morgan fingerprint density at radius 2 is 2.45 bits per heavy atom. The van der Waals surface area contributed by atoms with E-state index >= 15 is 0 Å². The van der Waals surface area contributed by atoms with Crippen molar-refractivity contribution in [3.8, 4) is 0 Å². The molecule has 0 N–H and O–H groups in total. The Balaban J connectivity index is 2.08. The molecule has 3 atom stereocenters. The third kappa shape index (κ3) is 0.959. The summed E-state index contributed by atoms with van der Waals surface area (Å²) < 4.78 is 9.94. The Hall–Kier alpha value is -0.830. The number of hydrogen-bond acceptors (Lipinski definition) is 3. The van der Waals surface area contributed by atoms with Crippen LogP contribution in [0.25, 0.3) is 0 Å². The van der Waals surface area contributed by atoms with Crippen LogP contribution in [0.1, 0.15) is 6.42 Å². The lowest BCUT2D eigenvalue weighted by atomic mass is 10.0. The maximum absolute atomic E-state index is 11.0. The van der Waals surface area contributed by atoms with Crippen LogP contribution in [0.2, 0.25) is 0 Å². The average Bonchev–Trinajstić information content (AvgIpc) is 2.62. The molecule has 0 aromatic heterocycles. The second kappa shape index (κ2) is 2.34. The molecule has 2 rings (SSSR count). The lowest BCUT2D eigenvalue weighted by Gasteiger charge is -2.15. The molecule has 0 radical (unpaired) electrons. The standard InChI is InChI=1S/C8H10O3/c1-10-8(9)7-5-2-3-6(4-5)11-7/h2-3,5-7H,4H2,1H3/t5-,6+,7-/m1/s1. The van der Waals surface area contributed by atoms with Gasteiger partial charge in [0.05, 0.1) is 13.2 Å². The number of rotatable bonds is 1. The SMILES string of the molecule is COC(=O)[C@@H]1O[C@H]2C=C[C@@H]1C2. The van der Waals surface area contributed by atoms with E-state index in [2.05, 4.69) is 4.74 Å². The van der Waals surface area contributed by atoms with Crippen LogP contribution in [0.15, 0.2) is 12.2 Å².